The van der Waals surface area contributed by atoms with Crippen LogP contribution in [0.3, 0.4) is 0 Å². The zero-order chi connectivity index (χ0) is 16.8. The fourth-order valence-corrected chi connectivity index (χ4v) is 2.48. The second-order valence-corrected chi connectivity index (χ2v) is 5.88. The van der Waals surface area contributed by atoms with Crippen LogP contribution in [0.15, 0.2) is 65.4 Å². The van der Waals surface area contributed by atoms with Crippen molar-refractivity contribution in [1.82, 2.24) is 9.97 Å². The number of rotatable bonds is 7. The van der Waals surface area contributed by atoms with E-state index >= 15 is 0 Å². The van der Waals surface area contributed by atoms with E-state index in [1.807, 2.05) is 24.3 Å². The molecule has 0 spiro atoms. The van der Waals surface area contributed by atoms with Gasteiger partial charge in [-0.1, -0.05) is 30.3 Å². The van der Waals surface area contributed by atoms with Gasteiger partial charge in [-0.15, -0.1) is 0 Å². The van der Waals surface area contributed by atoms with Crippen molar-refractivity contribution in [2.45, 2.75) is 33.0 Å². The van der Waals surface area contributed by atoms with Crippen molar-refractivity contribution in [1.29, 1.82) is 0 Å². The molecule has 2 aromatic heterocycles. The van der Waals surface area contributed by atoms with Gasteiger partial charge in [0.05, 0.1) is 12.8 Å². The lowest BCUT2D eigenvalue weighted by Crippen LogP contribution is -2.31. The smallest absolute Gasteiger partial charge is 0.224 e. The highest BCUT2D eigenvalue weighted by Gasteiger charge is 2.13. The summed E-state index contributed by atoms with van der Waals surface area (Å²) in [5, 5.41) is 3.20. The SMILES string of the molecule is CC(C)N(Cc1ccccc1)c1ccnc(NCc2ccco2)n1. The van der Waals surface area contributed by atoms with E-state index in [1.54, 1.807) is 12.5 Å². The average molecular weight is 322 g/mol. The highest BCUT2D eigenvalue weighted by Crippen LogP contribution is 2.19. The highest BCUT2D eigenvalue weighted by molar-refractivity contribution is 5.44. The van der Waals surface area contributed by atoms with Gasteiger partial charge >= 0.3 is 0 Å². The third-order valence-corrected chi connectivity index (χ3v) is 3.76. The minimum atomic E-state index is 0.332. The molecular formula is C19H22N4O. The fourth-order valence-electron chi connectivity index (χ4n) is 2.48. The third kappa shape index (κ3) is 4.13. The number of anilines is 2. The van der Waals surface area contributed by atoms with Crippen molar-refractivity contribution < 1.29 is 4.42 Å². The van der Waals surface area contributed by atoms with Gasteiger partial charge in [0.25, 0.3) is 0 Å². The molecule has 5 nitrogen and oxygen atoms in total. The molecule has 5 heteroatoms. The summed E-state index contributed by atoms with van der Waals surface area (Å²) in [5.74, 6) is 2.36. The van der Waals surface area contributed by atoms with Crippen LogP contribution in [0.5, 0.6) is 0 Å². The predicted molar refractivity (Wildman–Crippen MR) is 95.8 cm³/mol. The molecule has 1 aromatic carbocycles. The summed E-state index contributed by atoms with van der Waals surface area (Å²) in [6, 6.07) is 16.5. The molecule has 3 rings (SSSR count). The Morgan fingerprint density at radius 2 is 1.92 bits per heavy atom. The van der Waals surface area contributed by atoms with Crippen LogP contribution in [-0.4, -0.2) is 16.0 Å². The van der Waals surface area contributed by atoms with Crippen molar-refractivity contribution in [2.75, 3.05) is 10.2 Å². The van der Waals surface area contributed by atoms with Crippen molar-refractivity contribution >= 4 is 11.8 Å². The van der Waals surface area contributed by atoms with E-state index < -0.39 is 0 Å². The molecule has 0 radical (unpaired) electrons. The normalized spacial score (nSPS) is 10.8. The molecular weight excluding hydrogens is 300 g/mol. The maximum Gasteiger partial charge on any atom is 0.224 e. The molecule has 3 aromatic rings. The second kappa shape index (κ2) is 7.64. The molecule has 2 heterocycles. The lowest BCUT2D eigenvalue weighted by molar-refractivity contribution is 0.517. The fraction of sp³-hybridized carbons (Fsp3) is 0.263. The number of nitrogens with one attached hydrogen (secondary N) is 1. The van der Waals surface area contributed by atoms with Crippen LogP contribution < -0.4 is 10.2 Å². The molecule has 0 fully saturated rings. The van der Waals surface area contributed by atoms with Crippen LogP contribution in [0, 0.1) is 0 Å². The summed E-state index contributed by atoms with van der Waals surface area (Å²) < 4.78 is 5.32. The molecule has 0 aliphatic heterocycles. The van der Waals surface area contributed by atoms with Gasteiger partial charge in [0.1, 0.15) is 11.6 Å². The van der Waals surface area contributed by atoms with Crippen LogP contribution in [0.2, 0.25) is 0 Å². The Labute approximate surface area is 142 Å². The van der Waals surface area contributed by atoms with Crippen molar-refractivity contribution in [3.05, 3.63) is 72.3 Å². The molecule has 0 aliphatic carbocycles. The average Bonchev–Trinajstić information content (AvgIpc) is 3.12. The first kappa shape index (κ1) is 16.1. The Kier molecular flexibility index (Phi) is 5.11. The highest BCUT2D eigenvalue weighted by atomic mass is 16.3. The molecule has 0 atom stereocenters. The van der Waals surface area contributed by atoms with E-state index in [-0.39, 0.29) is 0 Å². The first-order valence-electron chi connectivity index (χ1n) is 8.12. The van der Waals surface area contributed by atoms with E-state index in [4.69, 9.17) is 4.42 Å². The summed E-state index contributed by atoms with van der Waals surface area (Å²) in [6.07, 6.45) is 3.45. The largest absolute Gasteiger partial charge is 0.467 e. The minimum absolute atomic E-state index is 0.332. The van der Waals surface area contributed by atoms with Crippen LogP contribution in [0.1, 0.15) is 25.2 Å². The lowest BCUT2D eigenvalue weighted by Gasteiger charge is -2.28. The van der Waals surface area contributed by atoms with E-state index in [1.165, 1.54) is 5.56 Å². The molecule has 1 N–H and O–H groups in total. The van der Waals surface area contributed by atoms with Gasteiger partial charge in [0, 0.05) is 18.8 Å². The lowest BCUT2D eigenvalue weighted by atomic mass is 10.2. The molecule has 0 saturated carbocycles. The quantitative estimate of drug-likeness (QED) is 0.710. The van der Waals surface area contributed by atoms with E-state index in [9.17, 15) is 0 Å². The second-order valence-electron chi connectivity index (χ2n) is 5.88. The number of benzene rings is 1. The number of nitrogens with zero attached hydrogens (tertiary/aromatic N) is 3. The number of hydrogen-bond acceptors (Lipinski definition) is 5. The van der Waals surface area contributed by atoms with Crippen molar-refractivity contribution in [3.63, 3.8) is 0 Å². The Morgan fingerprint density at radius 3 is 2.62 bits per heavy atom. The monoisotopic (exact) mass is 322 g/mol. The Bertz CT molecular complexity index is 741. The summed E-state index contributed by atoms with van der Waals surface area (Å²) in [6.45, 7) is 5.71. The van der Waals surface area contributed by atoms with Crippen molar-refractivity contribution in [2.24, 2.45) is 0 Å². The molecule has 24 heavy (non-hydrogen) atoms. The van der Waals surface area contributed by atoms with Gasteiger partial charge in [-0.25, -0.2) is 4.98 Å². The zero-order valence-corrected chi connectivity index (χ0v) is 14.0. The summed E-state index contributed by atoms with van der Waals surface area (Å²) in [7, 11) is 0. The van der Waals surface area contributed by atoms with Gasteiger partial charge in [-0.2, -0.15) is 4.98 Å². The minimum Gasteiger partial charge on any atom is -0.467 e. The summed E-state index contributed by atoms with van der Waals surface area (Å²) in [5.41, 5.74) is 1.26. The summed E-state index contributed by atoms with van der Waals surface area (Å²) >= 11 is 0. The molecule has 0 aliphatic rings. The van der Waals surface area contributed by atoms with Gasteiger partial charge in [0.2, 0.25) is 5.95 Å². The van der Waals surface area contributed by atoms with E-state index in [0.29, 0.717) is 18.5 Å². The molecule has 0 saturated heterocycles. The standard InChI is InChI=1S/C19H22N4O/c1-15(2)23(14-16-7-4-3-5-8-16)18-10-11-20-19(22-18)21-13-17-9-6-12-24-17/h3-12,15H,13-14H2,1-2H3,(H,20,21,22). The van der Waals surface area contributed by atoms with Gasteiger partial charge < -0.3 is 14.6 Å². The van der Waals surface area contributed by atoms with Crippen LogP contribution in [0.4, 0.5) is 11.8 Å². The van der Waals surface area contributed by atoms with Gasteiger partial charge in [-0.05, 0) is 37.6 Å². The van der Waals surface area contributed by atoms with Gasteiger partial charge in [0.15, 0.2) is 0 Å². The molecule has 0 unspecified atom stereocenters. The van der Waals surface area contributed by atoms with Crippen LogP contribution in [-0.2, 0) is 13.1 Å². The number of hydrogen-bond donors (Lipinski definition) is 1. The van der Waals surface area contributed by atoms with Crippen molar-refractivity contribution in [3.8, 4) is 0 Å². The first-order valence-corrected chi connectivity index (χ1v) is 8.12. The maximum absolute atomic E-state index is 5.32. The van der Waals surface area contributed by atoms with Crippen LogP contribution in [0.25, 0.3) is 0 Å². The summed E-state index contributed by atoms with van der Waals surface area (Å²) in [4.78, 5) is 11.2. The third-order valence-electron chi connectivity index (χ3n) is 3.76. The predicted octanol–water partition coefficient (Wildman–Crippen LogP) is 4.10. The Hall–Kier alpha value is -2.82. The first-order chi connectivity index (χ1) is 11.7. The Morgan fingerprint density at radius 1 is 1.08 bits per heavy atom. The molecule has 124 valence electrons. The molecule has 0 amide bonds. The number of furan rings is 1. The van der Waals surface area contributed by atoms with Crippen LogP contribution >= 0.6 is 0 Å². The Balaban J connectivity index is 1.74. The number of aromatic nitrogens is 2. The van der Waals surface area contributed by atoms with Gasteiger partial charge in [-0.3, -0.25) is 0 Å². The topological polar surface area (TPSA) is 54.2 Å². The maximum atomic E-state index is 5.32. The molecule has 0 bridgehead atoms. The zero-order valence-electron chi connectivity index (χ0n) is 14.0. The van der Waals surface area contributed by atoms with E-state index in [0.717, 1.165) is 18.1 Å². The van der Waals surface area contributed by atoms with E-state index in [2.05, 4.69) is 58.3 Å².